The van der Waals surface area contributed by atoms with E-state index in [4.69, 9.17) is 4.74 Å². The molecule has 0 saturated carbocycles. The zero-order chi connectivity index (χ0) is 22.4. The Balaban J connectivity index is 1.91. The van der Waals surface area contributed by atoms with E-state index in [2.05, 4.69) is 77.7 Å². The predicted octanol–water partition coefficient (Wildman–Crippen LogP) is 4.53. The van der Waals surface area contributed by atoms with Crippen LogP contribution >= 0.6 is 0 Å². The van der Waals surface area contributed by atoms with Gasteiger partial charge in [0.05, 0.1) is 18.2 Å². The van der Waals surface area contributed by atoms with Crippen LogP contribution in [0.3, 0.4) is 0 Å². The third kappa shape index (κ3) is 4.24. The Morgan fingerprint density at radius 1 is 0.938 bits per heavy atom. The molecule has 0 spiro atoms. The van der Waals surface area contributed by atoms with Gasteiger partial charge in [-0.3, -0.25) is 4.90 Å². The average Bonchev–Trinajstić information content (AvgIpc) is 2.84. The summed E-state index contributed by atoms with van der Waals surface area (Å²) in [4.78, 5) is 14.6. The summed E-state index contributed by atoms with van der Waals surface area (Å²) in [6, 6.07) is 31.3. The second kappa shape index (κ2) is 9.94. The van der Waals surface area contributed by atoms with Crippen LogP contribution in [0.4, 0.5) is 0 Å². The van der Waals surface area contributed by atoms with Crippen molar-refractivity contribution in [2.45, 2.75) is 25.0 Å². The minimum absolute atomic E-state index is 0.310. The molecule has 0 bridgehead atoms. The fourth-order valence-corrected chi connectivity index (χ4v) is 4.72. The van der Waals surface area contributed by atoms with Crippen molar-refractivity contribution in [2.75, 3.05) is 19.7 Å². The van der Waals surface area contributed by atoms with Crippen LogP contribution in [-0.4, -0.2) is 41.8 Å². The quantitative estimate of drug-likeness (QED) is 0.357. The molecule has 1 aliphatic rings. The summed E-state index contributed by atoms with van der Waals surface area (Å²) in [5, 5.41) is 10.7. The highest BCUT2D eigenvalue weighted by Gasteiger charge is 2.44. The zero-order valence-electron chi connectivity index (χ0n) is 18.4. The SMILES string of the molecule is CCOC(=O)/C=C1/CN(C(c2ccccc2)(c2ccccc2)c2ccccc2)CCC1O. The standard InChI is InChI=1S/C28H29NO3/c1-2-32-27(31)20-22-21-29(19-18-26(22)30)28(23-12-6-3-7-13-23,24-14-8-4-9-15-24)25-16-10-5-11-17-25/h3-17,20,26,30H,2,18-19,21H2,1H3/b22-20-. The van der Waals surface area contributed by atoms with Gasteiger partial charge >= 0.3 is 5.97 Å². The van der Waals surface area contributed by atoms with Gasteiger partial charge < -0.3 is 9.84 Å². The largest absolute Gasteiger partial charge is 0.463 e. The van der Waals surface area contributed by atoms with Crippen molar-refractivity contribution in [3.63, 3.8) is 0 Å². The van der Waals surface area contributed by atoms with E-state index in [0.29, 0.717) is 31.7 Å². The Kier molecular flexibility index (Phi) is 6.84. The maximum absolute atomic E-state index is 12.2. The van der Waals surface area contributed by atoms with Crippen LogP contribution in [-0.2, 0) is 15.1 Å². The first-order valence-electron chi connectivity index (χ1n) is 11.1. The molecule has 1 fully saturated rings. The van der Waals surface area contributed by atoms with E-state index in [1.807, 2.05) is 18.2 Å². The summed E-state index contributed by atoms with van der Waals surface area (Å²) in [7, 11) is 0. The molecule has 1 saturated heterocycles. The molecule has 1 atom stereocenters. The lowest BCUT2D eigenvalue weighted by Crippen LogP contribution is -2.53. The first-order chi connectivity index (χ1) is 15.7. The summed E-state index contributed by atoms with van der Waals surface area (Å²) in [6.07, 6.45) is 1.35. The van der Waals surface area contributed by atoms with E-state index < -0.39 is 17.6 Å². The van der Waals surface area contributed by atoms with Crippen molar-refractivity contribution in [2.24, 2.45) is 0 Å². The number of piperidine rings is 1. The van der Waals surface area contributed by atoms with Gasteiger partial charge in [-0.05, 0) is 35.6 Å². The van der Waals surface area contributed by atoms with E-state index in [9.17, 15) is 9.90 Å². The highest BCUT2D eigenvalue weighted by molar-refractivity contribution is 5.83. The number of hydrogen-bond acceptors (Lipinski definition) is 4. The third-order valence-corrected chi connectivity index (χ3v) is 6.11. The number of carbonyl (C=O) groups excluding carboxylic acids is 1. The number of aliphatic hydroxyl groups is 1. The van der Waals surface area contributed by atoms with Crippen LogP contribution in [0.2, 0.25) is 0 Å². The van der Waals surface area contributed by atoms with Crippen molar-refractivity contribution in [3.05, 3.63) is 119 Å². The van der Waals surface area contributed by atoms with E-state index >= 15 is 0 Å². The van der Waals surface area contributed by atoms with Crippen LogP contribution < -0.4 is 0 Å². The predicted molar refractivity (Wildman–Crippen MR) is 126 cm³/mol. The number of aliphatic hydroxyl groups excluding tert-OH is 1. The van der Waals surface area contributed by atoms with E-state index in [1.54, 1.807) is 6.92 Å². The molecule has 1 unspecified atom stereocenters. The number of likely N-dealkylation sites (tertiary alicyclic amines) is 1. The lowest BCUT2D eigenvalue weighted by atomic mass is 9.74. The van der Waals surface area contributed by atoms with Gasteiger partial charge in [-0.15, -0.1) is 0 Å². The molecule has 32 heavy (non-hydrogen) atoms. The number of ether oxygens (including phenoxy) is 1. The molecule has 1 heterocycles. The molecule has 0 amide bonds. The third-order valence-electron chi connectivity index (χ3n) is 6.11. The fraction of sp³-hybridized carbons (Fsp3) is 0.250. The molecule has 4 rings (SSSR count). The van der Waals surface area contributed by atoms with Crippen molar-refractivity contribution < 1.29 is 14.6 Å². The number of hydrogen-bond donors (Lipinski definition) is 1. The van der Waals surface area contributed by atoms with Crippen LogP contribution in [0.5, 0.6) is 0 Å². The van der Waals surface area contributed by atoms with Gasteiger partial charge in [-0.1, -0.05) is 91.0 Å². The van der Waals surface area contributed by atoms with Gasteiger partial charge in [0.25, 0.3) is 0 Å². The van der Waals surface area contributed by atoms with E-state index in [0.717, 1.165) is 16.7 Å². The maximum atomic E-state index is 12.2. The monoisotopic (exact) mass is 427 g/mol. The molecule has 0 aromatic heterocycles. The molecule has 3 aromatic carbocycles. The van der Waals surface area contributed by atoms with Gasteiger partial charge in [0.15, 0.2) is 0 Å². The fourth-order valence-electron chi connectivity index (χ4n) is 4.72. The highest BCUT2D eigenvalue weighted by Crippen LogP contribution is 2.44. The van der Waals surface area contributed by atoms with Crippen LogP contribution in [0.15, 0.2) is 103 Å². The Morgan fingerprint density at radius 3 is 1.84 bits per heavy atom. The van der Waals surface area contributed by atoms with Gasteiger partial charge in [0, 0.05) is 19.2 Å². The molecule has 164 valence electrons. The smallest absolute Gasteiger partial charge is 0.330 e. The topological polar surface area (TPSA) is 49.8 Å². The molecular weight excluding hydrogens is 398 g/mol. The normalized spacial score (nSPS) is 18.4. The number of benzene rings is 3. The number of nitrogens with zero attached hydrogens (tertiary/aromatic N) is 1. The minimum atomic E-state index is -0.657. The first kappa shape index (κ1) is 22.0. The summed E-state index contributed by atoms with van der Waals surface area (Å²) in [6.45, 7) is 3.23. The summed E-state index contributed by atoms with van der Waals surface area (Å²) < 4.78 is 5.12. The lowest BCUT2D eigenvalue weighted by Gasteiger charge is -2.48. The summed E-state index contributed by atoms with van der Waals surface area (Å²) in [5.41, 5.74) is 3.54. The van der Waals surface area contributed by atoms with Crippen molar-refractivity contribution >= 4 is 5.97 Å². The highest BCUT2D eigenvalue weighted by atomic mass is 16.5. The van der Waals surface area contributed by atoms with E-state index in [-0.39, 0.29) is 0 Å². The molecule has 4 heteroatoms. The molecule has 4 nitrogen and oxygen atoms in total. The maximum Gasteiger partial charge on any atom is 0.330 e. The molecule has 0 radical (unpaired) electrons. The second-order valence-corrected chi connectivity index (χ2v) is 8.01. The minimum Gasteiger partial charge on any atom is -0.463 e. The molecular formula is C28H29NO3. The van der Waals surface area contributed by atoms with E-state index in [1.165, 1.54) is 6.08 Å². The average molecular weight is 428 g/mol. The summed E-state index contributed by atoms with van der Waals surface area (Å²) >= 11 is 0. The Morgan fingerprint density at radius 2 is 1.41 bits per heavy atom. The number of carbonyl (C=O) groups is 1. The molecule has 1 aliphatic heterocycles. The number of rotatable bonds is 6. The molecule has 1 N–H and O–H groups in total. The lowest BCUT2D eigenvalue weighted by molar-refractivity contribution is -0.137. The van der Waals surface area contributed by atoms with Crippen LogP contribution in [0.25, 0.3) is 0 Å². The van der Waals surface area contributed by atoms with Gasteiger partial charge in [0.1, 0.15) is 0 Å². The molecule has 0 aliphatic carbocycles. The summed E-state index contributed by atoms with van der Waals surface area (Å²) in [5.74, 6) is -0.409. The first-order valence-corrected chi connectivity index (χ1v) is 11.1. The van der Waals surface area contributed by atoms with Gasteiger partial charge in [-0.2, -0.15) is 0 Å². The number of esters is 1. The zero-order valence-corrected chi connectivity index (χ0v) is 18.4. The van der Waals surface area contributed by atoms with Crippen LogP contribution in [0.1, 0.15) is 30.0 Å². The van der Waals surface area contributed by atoms with Gasteiger partial charge in [0.2, 0.25) is 0 Å². The van der Waals surface area contributed by atoms with Crippen molar-refractivity contribution in [1.29, 1.82) is 0 Å². The van der Waals surface area contributed by atoms with Crippen molar-refractivity contribution in [1.82, 2.24) is 4.90 Å². The Bertz CT molecular complexity index is 951. The second-order valence-electron chi connectivity index (χ2n) is 8.01. The van der Waals surface area contributed by atoms with Gasteiger partial charge in [-0.25, -0.2) is 4.79 Å². The Hall–Kier alpha value is -3.21. The van der Waals surface area contributed by atoms with Crippen LogP contribution in [0, 0.1) is 0 Å². The van der Waals surface area contributed by atoms with Crippen molar-refractivity contribution in [3.8, 4) is 0 Å². The Labute approximate surface area is 189 Å². The molecule has 3 aromatic rings.